The Morgan fingerprint density at radius 3 is 1.54 bits per heavy atom. The van der Waals surface area contributed by atoms with E-state index in [4.69, 9.17) is 9.47 Å². The smallest absolute Gasteiger partial charge is 0.123 e. The van der Waals surface area contributed by atoms with Gasteiger partial charge in [-0.3, -0.25) is 4.98 Å². The van der Waals surface area contributed by atoms with Gasteiger partial charge in [-0.2, -0.15) is 0 Å². The van der Waals surface area contributed by atoms with Gasteiger partial charge in [-0.05, 0) is 71.4 Å². The number of hydrogen-bond acceptors (Lipinski definition) is 3. The van der Waals surface area contributed by atoms with E-state index < -0.39 is 0 Å². The lowest BCUT2D eigenvalue weighted by molar-refractivity contribution is 0.130. The third-order valence-corrected chi connectivity index (χ3v) is 2.61. The van der Waals surface area contributed by atoms with Gasteiger partial charge in [0, 0.05) is 12.4 Å². The maximum Gasteiger partial charge on any atom is 0.123 e. The molecule has 130 valence electrons. The second-order valence-electron chi connectivity index (χ2n) is 7.38. The molecule has 0 aliphatic heterocycles. The highest BCUT2D eigenvalue weighted by Gasteiger charge is 2.11. The van der Waals surface area contributed by atoms with Crippen molar-refractivity contribution in [2.24, 2.45) is 0 Å². The Balaban J connectivity index is 0.000000243. The van der Waals surface area contributed by atoms with Crippen LogP contribution in [0.5, 0.6) is 11.5 Å². The molecule has 2 rings (SSSR count). The highest BCUT2D eigenvalue weighted by Crippen LogP contribution is 2.18. The van der Waals surface area contributed by atoms with E-state index in [1.807, 2.05) is 84.0 Å². The molecule has 3 nitrogen and oxygen atoms in total. The van der Waals surface area contributed by atoms with Gasteiger partial charge in [0.15, 0.2) is 0 Å². The molecule has 0 atom stereocenters. The van der Waals surface area contributed by atoms with Crippen LogP contribution in [-0.2, 0) is 0 Å². The fraction of sp³-hybridized carbons (Fsp3) is 0.381. The zero-order chi connectivity index (χ0) is 18.2. The third-order valence-electron chi connectivity index (χ3n) is 2.61. The topological polar surface area (TPSA) is 31.4 Å². The Bertz CT molecular complexity index is 605. The van der Waals surface area contributed by atoms with E-state index in [9.17, 15) is 0 Å². The lowest BCUT2D eigenvalue weighted by Gasteiger charge is -2.21. The molecule has 0 amide bonds. The quantitative estimate of drug-likeness (QED) is 0.717. The average molecular weight is 327 g/mol. The monoisotopic (exact) mass is 327 g/mol. The van der Waals surface area contributed by atoms with Crippen molar-refractivity contribution in [1.29, 1.82) is 0 Å². The summed E-state index contributed by atoms with van der Waals surface area (Å²) < 4.78 is 11.2. The van der Waals surface area contributed by atoms with Crippen LogP contribution in [-0.4, -0.2) is 16.2 Å². The van der Waals surface area contributed by atoms with Crippen molar-refractivity contribution < 1.29 is 9.47 Å². The highest BCUT2D eigenvalue weighted by atomic mass is 16.5. The van der Waals surface area contributed by atoms with Crippen LogP contribution in [0.3, 0.4) is 0 Å². The van der Waals surface area contributed by atoms with Gasteiger partial charge in [-0.15, -0.1) is 0 Å². The van der Waals surface area contributed by atoms with Crippen molar-refractivity contribution in [3.63, 3.8) is 0 Å². The summed E-state index contributed by atoms with van der Waals surface area (Å²) in [6.45, 7) is 15.9. The van der Waals surface area contributed by atoms with Crippen molar-refractivity contribution in [2.45, 2.75) is 52.7 Å². The van der Waals surface area contributed by atoms with Gasteiger partial charge in [0.1, 0.15) is 22.7 Å². The maximum absolute atomic E-state index is 5.67. The van der Waals surface area contributed by atoms with E-state index in [1.54, 1.807) is 12.4 Å². The molecule has 0 N–H and O–H groups in total. The van der Waals surface area contributed by atoms with Gasteiger partial charge < -0.3 is 9.47 Å². The van der Waals surface area contributed by atoms with Crippen LogP contribution in [0.15, 0.2) is 55.4 Å². The minimum absolute atomic E-state index is 0.124. The summed E-state index contributed by atoms with van der Waals surface area (Å²) in [5.41, 5.74) is 0.859. The van der Waals surface area contributed by atoms with E-state index in [0.29, 0.717) is 0 Å². The summed E-state index contributed by atoms with van der Waals surface area (Å²) >= 11 is 0. The molecule has 2 aromatic rings. The van der Waals surface area contributed by atoms with Crippen LogP contribution < -0.4 is 9.47 Å². The van der Waals surface area contributed by atoms with Crippen LogP contribution in [0.4, 0.5) is 0 Å². The van der Waals surface area contributed by atoms with Crippen molar-refractivity contribution >= 4 is 6.08 Å². The van der Waals surface area contributed by atoms with Crippen molar-refractivity contribution in [1.82, 2.24) is 4.98 Å². The van der Waals surface area contributed by atoms with Gasteiger partial charge >= 0.3 is 0 Å². The molecule has 0 spiro atoms. The molecule has 0 bridgehead atoms. The number of nitrogens with zero attached hydrogens (tertiary/aromatic N) is 1. The molecule has 0 aliphatic rings. The molecule has 0 saturated heterocycles. The van der Waals surface area contributed by atoms with E-state index in [-0.39, 0.29) is 11.2 Å². The second-order valence-corrected chi connectivity index (χ2v) is 7.38. The molecule has 0 fully saturated rings. The first-order valence-electron chi connectivity index (χ1n) is 8.10. The number of ether oxygens (including phenoxy) is 2. The van der Waals surface area contributed by atoms with Gasteiger partial charge in [-0.1, -0.05) is 24.8 Å². The van der Waals surface area contributed by atoms with Crippen LogP contribution in [0.25, 0.3) is 6.08 Å². The predicted molar refractivity (Wildman–Crippen MR) is 102 cm³/mol. The number of rotatable bonds is 3. The molecule has 24 heavy (non-hydrogen) atoms. The standard InChI is InChI=1S/C12H16O.C9H13NO/c1-5-10-6-8-11(9-7-10)13-12(2,3)4;1-9(2,3)11-8-4-6-10-7-5-8/h5-9H,1H2,2-4H3;4-7H,1-3H3. The predicted octanol–water partition coefficient (Wildman–Crippen LogP) is 5.77. The molecule has 0 aliphatic carbocycles. The fourth-order valence-corrected chi connectivity index (χ4v) is 1.79. The summed E-state index contributed by atoms with van der Waals surface area (Å²) in [7, 11) is 0. The summed E-state index contributed by atoms with van der Waals surface area (Å²) in [5, 5.41) is 0. The largest absolute Gasteiger partial charge is 0.488 e. The Hall–Kier alpha value is -2.29. The third kappa shape index (κ3) is 8.99. The first-order valence-corrected chi connectivity index (χ1v) is 8.10. The molecular weight excluding hydrogens is 298 g/mol. The molecular formula is C21H29NO2. The van der Waals surface area contributed by atoms with Gasteiger partial charge in [0.05, 0.1) is 0 Å². The fourth-order valence-electron chi connectivity index (χ4n) is 1.79. The van der Waals surface area contributed by atoms with E-state index in [0.717, 1.165) is 17.1 Å². The van der Waals surface area contributed by atoms with Crippen molar-refractivity contribution in [2.75, 3.05) is 0 Å². The Morgan fingerprint density at radius 2 is 1.17 bits per heavy atom. The summed E-state index contributed by atoms with van der Waals surface area (Å²) in [4.78, 5) is 3.90. The van der Waals surface area contributed by atoms with Gasteiger partial charge in [0.25, 0.3) is 0 Å². The molecule has 1 aromatic heterocycles. The minimum Gasteiger partial charge on any atom is -0.488 e. The molecule has 0 saturated carbocycles. The van der Waals surface area contributed by atoms with Crippen molar-refractivity contribution in [3.05, 3.63) is 60.9 Å². The number of pyridine rings is 1. The molecule has 1 aromatic carbocycles. The highest BCUT2D eigenvalue weighted by molar-refractivity contribution is 5.48. The summed E-state index contributed by atoms with van der Waals surface area (Å²) in [6.07, 6.45) is 5.27. The SMILES string of the molecule is C=Cc1ccc(OC(C)(C)C)cc1.CC(C)(C)Oc1ccncc1. The molecule has 0 radical (unpaired) electrons. The Kier molecular flexibility index (Phi) is 7.02. The molecule has 3 heteroatoms. The number of aromatic nitrogens is 1. The lowest BCUT2D eigenvalue weighted by atomic mass is 10.2. The number of benzene rings is 1. The van der Waals surface area contributed by atoms with E-state index >= 15 is 0 Å². The maximum atomic E-state index is 5.67. The molecule has 1 heterocycles. The Morgan fingerprint density at radius 1 is 0.750 bits per heavy atom. The normalized spacial score (nSPS) is 11.1. The molecule has 0 unspecified atom stereocenters. The zero-order valence-electron chi connectivity index (χ0n) is 15.7. The van der Waals surface area contributed by atoms with Gasteiger partial charge in [-0.25, -0.2) is 0 Å². The van der Waals surface area contributed by atoms with E-state index in [1.165, 1.54) is 0 Å². The summed E-state index contributed by atoms with van der Waals surface area (Å²) in [6, 6.07) is 11.6. The Labute approximate surface area is 146 Å². The van der Waals surface area contributed by atoms with Crippen LogP contribution >= 0.6 is 0 Å². The first kappa shape index (κ1) is 19.8. The second kappa shape index (κ2) is 8.53. The van der Waals surface area contributed by atoms with E-state index in [2.05, 4.69) is 11.6 Å². The van der Waals surface area contributed by atoms with Crippen LogP contribution in [0.2, 0.25) is 0 Å². The van der Waals surface area contributed by atoms with Gasteiger partial charge in [0.2, 0.25) is 0 Å². The lowest BCUT2D eigenvalue weighted by Crippen LogP contribution is -2.22. The first-order chi connectivity index (χ1) is 11.1. The minimum atomic E-state index is -0.129. The average Bonchev–Trinajstić information content (AvgIpc) is 2.46. The van der Waals surface area contributed by atoms with Crippen LogP contribution in [0.1, 0.15) is 47.1 Å². The summed E-state index contributed by atoms with van der Waals surface area (Å²) in [5.74, 6) is 1.77. The zero-order valence-corrected chi connectivity index (χ0v) is 15.7. The number of hydrogen-bond donors (Lipinski definition) is 0. The van der Waals surface area contributed by atoms with Crippen LogP contribution in [0, 0.1) is 0 Å². The van der Waals surface area contributed by atoms with Crippen molar-refractivity contribution in [3.8, 4) is 11.5 Å².